The molecule has 0 unspecified atom stereocenters. The number of carbonyl (C=O) groups excluding carboxylic acids is 2. The highest BCUT2D eigenvalue weighted by Gasteiger charge is 2.34. The van der Waals surface area contributed by atoms with E-state index < -0.39 is 16.1 Å². The van der Waals surface area contributed by atoms with Gasteiger partial charge in [-0.05, 0) is 37.1 Å². The van der Waals surface area contributed by atoms with Gasteiger partial charge in [0, 0.05) is 37.9 Å². The molecule has 9 nitrogen and oxygen atoms in total. The van der Waals surface area contributed by atoms with Crippen molar-refractivity contribution in [3.63, 3.8) is 0 Å². The molecule has 2 aromatic carbocycles. The van der Waals surface area contributed by atoms with Crippen molar-refractivity contribution < 1.29 is 22.7 Å². The Bertz CT molecular complexity index is 1180. The van der Waals surface area contributed by atoms with Crippen LogP contribution in [0.2, 0.25) is 5.02 Å². The van der Waals surface area contributed by atoms with Gasteiger partial charge in [0.1, 0.15) is 10.6 Å². The molecule has 1 fully saturated rings. The van der Waals surface area contributed by atoms with Crippen molar-refractivity contribution in [2.24, 2.45) is 0 Å². The third kappa shape index (κ3) is 4.78. The molecule has 0 saturated carbocycles. The molecule has 1 atom stereocenters. The molecule has 33 heavy (non-hydrogen) atoms. The number of rotatable bonds is 4. The van der Waals surface area contributed by atoms with Gasteiger partial charge < -0.3 is 20.3 Å². The van der Waals surface area contributed by atoms with Gasteiger partial charge in [0.05, 0.1) is 10.7 Å². The first-order chi connectivity index (χ1) is 15.7. The Hall–Kier alpha value is -2.82. The minimum atomic E-state index is -3.92. The number of urea groups is 1. The lowest BCUT2D eigenvalue weighted by molar-refractivity contribution is -0.122. The van der Waals surface area contributed by atoms with E-state index in [2.05, 4.69) is 17.6 Å². The second-order valence-electron chi connectivity index (χ2n) is 7.90. The van der Waals surface area contributed by atoms with Gasteiger partial charge in [-0.25, -0.2) is 13.2 Å². The zero-order valence-corrected chi connectivity index (χ0v) is 19.9. The largest absolute Gasteiger partial charge is 0.479 e. The number of hydrogen-bond donors (Lipinski definition) is 2. The van der Waals surface area contributed by atoms with Crippen LogP contribution < -0.4 is 15.4 Å². The Morgan fingerprint density at radius 3 is 2.48 bits per heavy atom. The molecule has 2 aromatic rings. The summed E-state index contributed by atoms with van der Waals surface area (Å²) in [5.74, 6) is -0.0814. The van der Waals surface area contributed by atoms with Gasteiger partial charge in [-0.15, -0.1) is 0 Å². The van der Waals surface area contributed by atoms with Crippen LogP contribution >= 0.6 is 11.6 Å². The number of piperazine rings is 1. The van der Waals surface area contributed by atoms with Crippen molar-refractivity contribution in [2.45, 2.75) is 31.3 Å². The fourth-order valence-corrected chi connectivity index (χ4v) is 5.64. The Kier molecular flexibility index (Phi) is 6.51. The monoisotopic (exact) mass is 492 g/mol. The van der Waals surface area contributed by atoms with Crippen molar-refractivity contribution in [2.75, 3.05) is 36.8 Å². The van der Waals surface area contributed by atoms with Gasteiger partial charge >= 0.3 is 6.03 Å². The minimum absolute atomic E-state index is 0.0112. The summed E-state index contributed by atoms with van der Waals surface area (Å²) in [5.41, 5.74) is 2.19. The molecule has 3 amide bonds. The summed E-state index contributed by atoms with van der Waals surface area (Å²) in [6, 6.07) is 10.0. The zero-order valence-electron chi connectivity index (χ0n) is 18.3. The smallest absolute Gasteiger partial charge is 0.321 e. The minimum Gasteiger partial charge on any atom is -0.479 e. The average Bonchev–Trinajstić information content (AvgIpc) is 2.80. The molecule has 176 valence electrons. The molecule has 2 heterocycles. The van der Waals surface area contributed by atoms with Gasteiger partial charge in [-0.2, -0.15) is 4.31 Å². The van der Waals surface area contributed by atoms with Crippen molar-refractivity contribution in [3.05, 3.63) is 47.0 Å². The van der Waals surface area contributed by atoms with Crippen LogP contribution in [0.1, 0.15) is 19.4 Å². The number of amides is 3. The van der Waals surface area contributed by atoms with E-state index in [1.807, 2.05) is 24.3 Å². The molecule has 0 radical (unpaired) electrons. The number of anilines is 2. The summed E-state index contributed by atoms with van der Waals surface area (Å²) in [7, 11) is -3.92. The van der Waals surface area contributed by atoms with Gasteiger partial charge in [-0.1, -0.05) is 30.7 Å². The summed E-state index contributed by atoms with van der Waals surface area (Å²) < 4.78 is 33.3. The summed E-state index contributed by atoms with van der Waals surface area (Å²) in [6.45, 7) is 4.37. The third-order valence-corrected chi connectivity index (χ3v) is 8.09. The fourth-order valence-electron chi connectivity index (χ4n) is 3.70. The van der Waals surface area contributed by atoms with E-state index in [9.17, 15) is 18.0 Å². The number of ether oxygens (including phenoxy) is 1. The molecule has 2 N–H and O–H groups in total. The average molecular weight is 493 g/mol. The van der Waals surface area contributed by atoms with Gasteiger partial charge in [0.15, 0.2) is 6.10 Å². The van der Waals surface area contributed by atoms with Crippen LogP contribution in [-0.4, -0.2) is 61.8 Å². The number of benzene rings is 2. The van der Waals surface area contributed by atoms with Crippen LogP contribution in [0, 0.1) is 0 Å². The van der Waals surface area contributed by atoms with Crippen molar-refractivity contribution in [1.82, 2.24) is 9.21 Å². The number of carbonyl (C=O) groups is 2. The first-order valence-electron chi connectivity index (χ1n) is 10.6. The summed E-state index contributed by atoms with van der Waals surface area (Å²) >= 11 is 6.25. The lowest BCUT2D eigenvalue weighted by atomic mass is 10.1. The lowest BCUT2D eigenvalue weighted by Crippen LogP contribution is -2.51. The Morgan fingerprint density at radius 1 is 1.18 bits per heavy atom. The van der Waals surface area contributed by atoms with Crippen LogP contribution in [0.5, 0.6) is 5.75 Å². The number of nitrogens with one attached hydrogen (secondary N) is 2. The van der Waals surface area contributed by atoms with Crippen LogP contribution in [0.3, 0.4) is 0 Å². The normalized spacial score (nSPS) is 18.8. The molecule has 2 aliphatic heterocycles. The molecule has 0 aromatic heterocycles. The summed E-state index contributed by atoms with van der Waals surface area (Å²) in [4.78, 5) is 25.9. The molecule has 0 aliphatic carbocycles. The second-order valence-corrected chi connectivity index (χ2v) is 10.2. The standard InChI is InChI=1S/C22H25ClN4O5S/c1-3-15-4-6-16(7-5-15)24-22(29)26-8-10-27(11-9-26)33(30,31)20-13-19-18(12-17(20)23)25-21(28)14(2)32-19/h4-7,12-14H,3,8-11H2,1-2H3,(H,24,29)(H,25,28)/t14-/m0/s1. The third-order valence-electron chi connectivity index (χ3n) is 5.72. The lowest BCUT2D eigenvalue weighted by Gasteiger charge is -2.34. The van der Waals surface area contributed by atoms with Crippen LogP contribution in [0.15, 0.2) is 41.3 Å². The molecular formula is C22H25ClN4O5S. The van der Waals surface area contributed by atoms with Gasteiger partial charge in [0.25, 0.3) is 5.91 Å². The number of aryl methyl sites for hydroxylation is 1. The van der Waals surface area contributed by atoms with Crippen LogP contribution in [-0.2, 0) is 21.2 Å². The SMILES string of the molecule is CCc1ccc(NC(=O)N2CCN(S(=O)(=O)c3cc4c(cc3Cl)NC(=O)[C@H](C)O4)CC2)cc1. The number of fused-ring (bicyclic) bond motifs is 1. The van der Waals surface area contributed by atoms with Gasteiger partial charge in [0.2, 0.25) is 10.0 Å². The van der Waals surface area contributed by atoms with E-state index in [-0.39, 0.29) is 53.8 Å². The van der Waals surface area contributed by atoms with Crippen LogP contribution in [0.4, 0.5) is 16.2 Å². The molecule has 2 aliphatic rings. The maximum Gasteiger partial charge on any atom is 0.321 e. The predicted molar refractivity (Wildman–Crippen MR) is 125 cm³/mol. The van der Waals surface area contributed by atoms with Crippen molar-refractivity contribution >= 4 is 44.9 Å². The highest BCUT2D eigenvalue weighted by atomic mass is 35.5. The molecule has 0 spiro atoms. The van der Waals surface area contributed by atoms with E-state index in [1.165, 1.54) is 22.0 Å². The zero-order chi connectivity index (χ0) is 23.8. The van der Waals surface area contributed by atoms with E-state index in [0.29, 0.717) is 11.4 Å². The molecule has 0 bridgehead atoms. The molecule has 4 rings (SSSR count). The van der Waals surface area contributed by atoms with Crippen molar-refractivity contribution in [3.8, 4) is 5.75 Å². The number of nitrogens with zero attached hydrogens (tertiary/aromatic N) is 2. The van der Waals surface area contributed by atoms with Crippen molar-refractivity contribution in [1.29, 1.82) is 0 Å². The Balaban J connectivity index is 1.43. The summed E-state index contributed by atoms with van der Waals surface area (Å²) in [6.07, 6.45) is 0.174. The Labute approximate surface area is 197 Å². The first kappa shape index (κ1) is 23.3. The van der Waals surface area contributed by atoms with E-state index in [1.54, 1.807) is 11.8 Å². The first-order valence-corrected chi connectivity index (χ1v) is 12.5. The molecule has 11 heteroatoms. The number of sulfonamides is 1. The highest BCUT2D eigenvalue weighted by molar-refractivity contribution is 7.89. The maximum absolute atomic E-state index is 13.2. The van der Waals surface area contributed by atoms with Crippen LogP contribution in [0.25, 0.3) is 0 Å². The Morgan fingerprint density at radius 2 is 1.85 bits per heavy atom. The van der Waals surface area contributed by atoms with E-state index in [4.69, 9.17) is 16.3 Å². The quantitative estimate of drug-likeness (QED) is 0.681. The number of halogens is 1. The van der Waals surface area contributed by atoms with E-state index >= 15 is 0 Å². The van der Waals surface area contributed by atoms with Gasteiger partial charge in [-0.3, -0.25) is 4.79 Å². The van der Waals surface area contributed by atoms with E-state index in [0.717, 1.165) is 6.42 Å². The molecular weight excluding hydrogens is 468 g/mol. The molecule has 1 saturated heterocycles. The maximum atomic E-state index is 13.2. The fraction of sp³-hybridized carbons (Fsp3) is 0.364. The highest BCUT2D eigenvalue weighted by Crippen LogP contribution is 2.38. The second kappa shape index (κ2) is 9.20. The summed E-state index contributed by atoms with van der Waals surface area (Å²) in [5, 5.41) is 5.48. The predicted octanol–water partition coefficient (Wildman–Crippen LogP) is 3.16. The number of hydrogen-bond acceptors (Lipinski definition) is 5. The topological polar surface area (TPSA) is 108 Å².